The summed E-state index contributed by atoms with van der Waals surface area (Å²) >= 11 is 15.6. The smallest absolute Gasteiger partial charge is 0.232 e. The molecule has 8 heteroatoms. The van der Waals surface area contributed by atoms with Gasteiger partial charge in [-0.2, -0.15) is 15.0 Å². The fraction of sp³-hybridized carbons (Fsp3) is 0. The maximum atomic E-state index is 6.19. The number of nitrogens with one attached hydrogen (secondary N) is 1. The van der Waals surface area contributed by atoms with Crippen LogP contribution in [0.4, 0.5) is 17.6 Å². The van der Waals surface area contributed by atoms with Gasteiger partial charge in [-0.1, -0.05) is 39.1 Å². The third kappa shape index (κ3) is 3.90. The molecule has 2 aromatic carbocycles. The summed E-state index contributed by atoms with van der Waals surface area (Å²) in [5, 5.41) is 4.09. The zero-order chi connectivity index (χ0) is 16.4. The fourth-order valence-electron chi connectivity index (χ4n) is 1.90. The highest BCUT2D eigenvalue weighted by atomic mass is 79.9. The Labute approximate surface area is 151 Å². The van der Waals surface area contributed by atoms with Gasteiger partial charge in [0.25, 0.3) is 0 Å². The molecule has 116 valence electrons. The molecule has 0 spiro atoms. The van der Waals surface area contributed by atoms with Crippen LogP contribution in [0.25, 0.3) is 11.4 Å². The largest absolute Gasteiger partial charge is 0.368 e. The minimum absolute atomic E-state index is 0.0886. The third-order valence-corrected chi connectivity index (χ3v) is 4.02. The van der Waals surface area contributed by atoms with E-state index in [-0.39, 0.29) is 5.95 Å². The van der Waals surface area contributed by atoms with Crippen molar-refractivity contribution in [2.75, 3.05) is 11.1 Å². The predicted octanol–water partition coefficient (Wildman–Crippen LogP) is 4.93. The van der Waals surface area contributed by atoms with Gasteiger partial charge < -0.3 is 11.1 Å². The van der Waals surface area contributed by atoms with E-state index in [1.165, 1.54) is 0 Å². The highest BCUT2D eigenvalue weighted by Crippen LogP contribution is 2.29. The maximum Gasteiger partial charge on any atom is 0.232 e. The number of hydrogen-bond acceptors (Lipinski definition) is 5. The van der Waals surface area contributed by atoms with Crippen LogP contribution >= 0.6 is 39.1 Å². The van der Waals surface area contributed by atoms with Gasteiger partial charge in [-0.3, -0.25) is 0 Å². The number of nitrogen functional groups attached to an aromatic ring is 1. The van der Waals surface area contributed by atoms with E-state index >= 15 is 0 Å². The quantitative estimate of drug-likeness (QED) is 0.639. The first-order valence-corrected chi connectivity index (χ1v) is 8.06. The lowest BCUT2D eigenvalue weighted by Crippen LogP contribution is -2.05. The van der Waals surface area contributed by atoms with Crippen molar-refractivity contribution in [1.82, 2.24) is 15.0 Å². The second kappa shape index (κ2) is 6.70. The van der Waals surface area contributed by atoms with Gasteiger partial charge in [-0.15, -0.1) is 0 Å². The Morgan fingerprint density at radius 1 is 0.957 bits per heavy atom. The molecule has 3 aromatic rings. The molecule has 5 nitrogen and oxygen atoms in total. The van der Waals surface area contributed by atoms with Crippen LogP contribution in [0.3, 0.4) is 0 Å². The van der Waals surface area contributed by atoms with E-state index in [0.29, 0.717) is 27.4 Å². The molecule has 0 aliphatic carbocycles. The van der Waals surface area contributed by atoms with Crippen LogP contribution in [0.5, 0.6) is 0 Å². The summed E-state index contributed by atoms with van der Waals surface area (Å²) in [4.78, 5) is 12.6. The van der Waals surface area contributed by atoms with Gasteiger partial charge >= 0.3 is 0 Å². The lowest BCUT2D eigenvalue weighted by molar-refractivity contribution is 1.08. The molecule has 3 N–H and O–H groups in total. The summed E-state index contributed by atoms with van der Waals surface area (Å²) in [7, 11) is 0. The van der Waals surface area contributed by atoms with Crippen LogP contribution in [-0.4, -0.2) is 15.0 Å². The van der Waals surface area contributed by atoms with Crippen LogP contribution in [0.15, 0.2) is 46.9 Å². The lowest BCUT2D eigenvalue weighted by atomic mass is 10.2. The minimum atomic E-state index is 0.0886. The minimum Gasteiger partial charge on any atom is -0.368 e. The molecular weight excluding hydrogens is 401 g/mol. The molecule has 0 amide bonds. The van der Waals surface area contributed by atoms with Gasteiger partial charge in [0.05, 0.1) is 5.02 Å². The van der Waals surface area contributed by atoms with Crippen molar-refractivity contribution in [2.45, 2.75) is 0 Å². The predicted molar refractivity (Wildman–Crippen MR) is 97.1 cm³/mol. The zero-order valence-electron chi connectivity index (χ0n) is 11.6. The van der Waals surface area contributed by atoms with Gasteiger partial charge in [0.15, 0.2) is 5.82 Å². The Bertz CT molecular complexity index is 855. The monoisotopic (exact) mass is 409 g/mol. The number of halogens is 3. The molecule has 0 bridgehead atoms. The van der Waals surface area contributed by atoms with Crippen molar-refractivity contribution < 1.29 is 0 Å². The summed E-state index contributed by atoms with van der Waals surface area (Å²) in [6.45, 7) is 0. The molecular formula is C15H10BrCl2N5. The number of nitrogens with zero attached hydrogens (tertiary/aromatic N) is 3. The molecule has 0 saturated carbocycles. The summed E-state index contributed by atoms with van der Waals surface area (Å²) in [5.74, 6) is 0.765. The molecule has 1 aromatic heterocycles. The van der Waals surface area contributed by atoms with Gasteiger partial charge in [-0.05, 0) is 42.5 Å². The van der Waals surface area contributed by atoms with Crippen LogP contribution in [-0.2, 0) is 0 Å². The first-order valence-electron chi connectivity index (χ1n) is 6.51. The molecule has 0 fully saturated rings. The van der Waals surface area contributed by atoms with Crippen molar-refractivity contribution in [3.63, 3.8) is 0 Å². The average Bonchev–Trinajstić information content (AvgIpc) is 2.51. The molecule has 0 aliphatic heterocycles. The van der Waals surface area contributed by atoms with Crippen molar-refractivity contribution in [3.05, 3.63) is 57.0 Å². The second-order valence-corrected chi connectivity index (χ2v) is 6.36. The van der Waals surface area contributed by atoms with E-state index in [9.17, 15) is 0 Å². The SMILES string of the molecule is Nc1nc(Nc2ccc(Br)cc2)nc(-c2cc(Cl)ccc2Cl)n1. The zero-order valence-corrected chi connectivity index (χ0v) is 14.7. The highest BCUT2D eigenvalue weighted by Gasteiger charge is 2.11. The number of nitrogens with two attached hydrogens (primary N) is 1. The van der Waals surface area contributed by atoms with Crippen LogP contribution < -0.4 is 11.1 Å². The van der Waals surface area contributed by atoms with E-state index in [4.69, 9.17) is 28.9 Å². The second-order valence-electron chi connectivity index (χ2n) is 4.60. The Hall–Kier alpha value is -1.89. The number of rotatable bonds is 3. The number of aromatic nitrogens is 3. The van der Waals surface area contributed by atoms with Crippen molar-refractivity contribution in [3.8, 4) is 11.4 Å². The van der Waals surface area contributed by atoms with E-state index in [1.807, 2.05) is 24.3 Å². The van der Waals surface area contributed by atoms with Crippen LogP contribution in [0.1, 0.15) is 0 Å². The van der Waals surface area contributed by atoms with Gasteiger partial charge in [0, 0.05) is 20.7 Å². The van der Waals surface area contributed by atoms with Gasteiger partial charge in [-0.25, -0.2) is 0 Å². The van der Waals surface area contributed by atoms with E-state index < -0.39 is 0 Å². The third-order valence-electron chi connectivity index (χ3n) is 2.92. The normalized spacial score (nSPS) is 10.6. The Kier molecular flexibility index (Phi) is 4.66. The maximum absolute atomic E-state index is 6.19. The molecule has 0 unspecified atom stereocenters. The molecule has 0 aliphatic rings. The Morgan fingerprint density at radius 3 is 2.43 bits per heavy atom. The van der Waals surface area contributed by atoms with E-state index in [0.717, 1.165) is 10.2 Å². The average molecular weight is 411 g/mol. The van der Waals surface area contributed by atoms with Gasteiger partial charge in [0.2, 0.25) is 11.9 Å². The Balaban J connectivity index is 1.99. The first kappa shape index (κ1) is 16.0. The molecule has 1 heterocycles. The van der Waals surface area contributed by atoms with Crippen molar-refractivity contribution in [1.29, 1.82) is 0 Å². The lowest BCUT2D eigenvalue weighted by Gasteiger charge is -2.08. The summed E-state index contributed by atoms with van der Waals surface area (Å²) in [6, 6.07) is 12.6. The van der Waals surface area contributed by atoms with E-state index in [1.54, 1.807) is 18.2 Å². The van der Waals surface area contributed by atoms with Crippen molar-refractivity contribution >= 4 is 56.7 Å². The Morgan fingerprint density at radius 2 is 1.70 bits per heavy atom. The number of anilines is 3. The molecule has 0 saturated heterocycles. The standard InChI is InChI=1S/C15H10BrCl2N5/c16-8-1-4-10(5-2-8)20-15-22-13(21-14(19)23-15)11-7-9(17)3-6-12(11)18/h1-7H,(H3,19,20,21,22,23). The number of benzene rings is 2. The summed E-state index contributed by atoms with van der Waals surface area (Å²) in [6.07, 6.45) is 0. The van der Waals surface area contributed by atoms with Crippen molar-refractivity contribution in [2.24, 2.45) is 0 Å². The topological polar surface area (TPSA) is 76.7 Å². The molecule has 3 rings (SSSR count). The molecule has 0 atom stereocenters. The summed E-state index contributed by atoms with van der Waals surface area (Å²) in [5.41, 5.74) is 7.19. The number of hydrogen-bond donors (Lipinski definition) is 2. The highest BCUT2D eigenvalue weighted by molar-refractivity contribution is 9.10. The fourth-order valence-corrected chi connectivity index (χ4v) is 2.54. The van der Waals surface area contributed by atoms with Crippen LogP contribution in [0.2, 0.25) is 10.0 Å². The molecule has 23 heavy (non-hydrogen) atoms. The summed E-state index contributed by atoms with van der Waals surface area (Å²) < 4.78 is 0.976. The molecule has 0 radical (unpaired) electrons. The van der Waals surface area contributed by atoms with Gasteiger partial charge in [0.1, 0.15) is 0 Å². The van der Waals surface area contributed by atoms with Crippen LogP contribution in [0, 0.1) is 0 Å². The van der Waals surface area contributed by atoms with E-state index in [2.05, 4.69) is 36.2 Å². The first-order chi connectivity index (χ1) is 11.0.